The molecule has 0 spiro atoms. The summed E-state index contributed by atoms with van der Waals surface area (Å²) in [4.78, 5) is 25.9. The van der Waals surface area contributed by atoms with E-state index in [9.17, 15) is 14.2 Å². The molecule has 2 rings (SSSR count). The van der Waals surface area contributed by atoms with Gasteiger partial charge in [0.15, 0.2) is 13.6 Å². The number of methoxy groups -OCH3 is 2. The average Bonchev–Trinajstić information content (AvgIpc) is 2.64. The van der Waals surface area contributed by atoms with Gasteiger partial charge in [-0.25, -0.2) is 0 Å². The van der Waals surface area contributed by atoms with Gasteiger partial charge in [-0.1, -0.05) is 23.8 Å². The second-order valence-electron chi connectivity index (χ2n) is 6.48. The van der Waals surface area contributed by atoms with Gasteiger partial charge in [0, 0.05) is 5.56 Å². The van der Waals surface area contributed by atoms with Crippen LogP contribution in [0, 0.1) is 20.8 Å². The molecular formula is C21H24O5P. The monoisotopic (exact) mass is 387 g/mol. The van der Waals surface area contributed by atoms with Crippen molar-refractivity contribution in [3.05, 3.63) is 58.1 Å². The van der Waals surface area contributed by atoms with Crippen LogP contribution in [0.2, 0.25) is 0 Å². The van der Waals surface area contributed by atoms with Gasteiger partial charge in [-0.2, -0.15) is 0 Å². The summed E-state index contributed by atoms with van der Waals surface area (Å²) < 4.78 is 23.4. The first kappa shape index (κ1) is 20.8. The fourth-order valence-electron chi connectivity index (χ4n) is 3.23. The van der Waals surface area contributed by atoms with E-state index < -0.39 is 19.0 Å². The van der Waals surface area contributed by atoms with Crippen molar-refractivity contribution < 1.29 is 23.6 Å². The minimum Gasteiger partial charge on any atom is -0.496 e. The van der Waals surface area contributed by atoms with E-state index in [4.69, 9.17) is 9.47 Å². The van der Waals surface area contributed by atoms with E-state index in [1.54, 1.807) is 18.2 Å². The lowest BCUT2D eigenvalue weighted by Crippen LogP contribution is -2.19. The molecule has 2 aromatic rings. The van der Waals surface area contributed by atoms with Crippen molar-refractivity contribution in [3.8, 4) is 11.5 Å². The summed E-state index contributed by atoms with van der Waals surface area (Å²) in [7, 11) is 0.329. The minimum absolute atomic E-state index is 0.0978. The lowest BCUT2D eigenvalue weighted by Gasteiger charge is -2.16. The van der Waals surface area contributed by atoms with Crippen LogP contribution in [-0.2, 0) is 4.57 Å². The molecule has 0 bridgehead atoms. The highest BCUT2D eigenvalue weighted by atomic mass is 31.1. The molecule has 0 aromatic heterocycles. The molecule has 0 amide bonds. The first-order valence-corrected chi connectivity index (χ1v) is 9.89. The van der Waals surface area contributed by atoms with Gasteiger partial charge < -0.3 is 9.47 Å². The largest absolute Gasteiger partial charge is 0.496 e. The molecule has 2 aromatic carbocycles. The van der Waals surface area contributed by atoms with E-state index in [0.717, 1.165) is 16.7 Å². The van der Waals surface area contributed by atoms with Crippen molar-refractivity contribution in [3.63, 3.8) is 0 Å². The molecule has 27 heavy (non-hydrogen) atoms. The number of ether oxygens (including phenoxy) is 2. The predicted molar refractivity (Wildman–Crippen MR) is 106 cm³/mol. The predicted octanol–water partition coefficient (Wildman–Crippen LogP) is 4.87. The molecule has 0 aliphatic rings. The molecule has 143 valence electrons. The second kappa shape index (κ2) is 8.45. The Morgan fingerprint density at radius 1 is 0.926 bits per heavy atom. The van der Waals surface area contributed by atoms with Crippen molar-refractivity contribution >= 4 is 19.1 Å². The summed E-state index contributed by atoms with van der Waals surface area (Å²) in [6.45, 7) is 7.17. The van der Waals surface area contributed by atoms with Gasteiger partial charge in [0.2, 0.25) is 5.52 Å². The zero-order valence-corrected chi connectivity index (χ0v) is 17.3. The Bertz CT molecular complexity index is 872. The molecule has 0 aliphatic heterocycles. The Hall–Kier alpha value is -2.52. The van der Waals surface area contributed by atoms with E-state index in [-0.39, 0.29) is 22.8 Å². The van der Waals surface area contributed by atoms with Crippen LogP contribution in [0.4, 0.5) is 0 Å². The Labute approximate surface area is 160 Å². The first-order chi connectivity index (χ1) is 12.7. The molecule has 6 heteroatoms. The molecular weight excluding hydrogens is 363 g/mol. The fraction of sp³-hybridized carbons (Fsp3) is 0.333. The fourth-order valence-corrected chi connectivity index (χ4v) is 4.37. The summed E-state index contributed by atoms with van der Waals surface area (Å²) in [5.74, 6) is 0.239. The van der Waals surface area contributed by atoms with Gasteiger partial charge in [0.25, 0.3) is 0 Å². The summed E-state index contributed by atoms with van der Waals surface area (Å²) in [5, 5.41) is 0. The molecule has 2 unspecified atom stereocenters. The summed E-state index contributed by atoms with van der Waals surface area (Å²) in [5.41, 5.74) is 1.69. The average molecular weight is 387 g/mol. The number of hydrogen-bond acceptors (Lipinski definition) is 5. The number of carbonyl (C=O) groups is 2. The van der Waals surface area contributed by atoms with Crippen LogP contribution in [0.5, 0.6) is 11.5 Å². The third-order valence-electron chi connectivity index (χ3n) is 4.50. The van der Waals surface area contributed by atoms with Crippen LogP contribution in [0.15, 0.2) is 30.3 Å². The van der Waals surface area contributed by atoms with E-state index >= 15 is 0 Å². The highest BCUT2D eigenvalue weighted by molar-refractivity contribution is 7.66. The number of carbonyl (C=O) groups excluding carboxylic acids is 2. The molecule has 1 radical (unpaired) electrons. The summed E-state index contributed by atoms with van der Waals surface area (Å²) in [6, 6.07) is 8.69. The maximum atomic E-state index is 13.0. The van der Waals surface area contributed by atoms with Crippen molar-refractivity contribution in [1.82, 2.24) is 0 Å². The van der Waals surface area contributed by atoms with Gasteiger partial charge >= 0.3 is 0 Å². The first-order valence-electron chi connectivity index (χ1n) is 8.56. The summed E-state index contributed by atoms with van der Waals surface area (Å²) >= 11 is 0. The molecule has 0 N–H and O–H groups in total. The number of Topliss-reactive ketones (excluding diaryl/α,β-unsaturated/α-hetero) is 1. The van der Waals surface area contributed by atoms with Crippen molar-refractivity contribution in [2.75, 3.05) is 14.2 Å². The minimum atomic E-state index is -2.52. The third-order valence-corrected chi connectivity index (χ3v) is 6.06. The lowest BCUT2D eigenvalue weighted by atomic mass is 9.95. The van der Waals surface area contributed by atoms with Gasteiger partial charge in [-0.3, -0.25) is 14.2 Å². The Morgan fingerprint density at radius 3 is 1.85 bits per heavy atom. The maximum absolute atomic E-state index is 13.0. The van der Waals surface area contributed by atoms with E-state index in [1.165, 1.54) is 21.1 Å². The third kappa shape index (κ3) is 4.09. The second-order valence-corrected chi connectivity index (χ2v) is 8.31. The lowest BCUT2D eigenvalue weighted by molar-refractivity contribution is 0.0980. The van der Waals surface area contributed by atoms with Gasteiger partial charge in [-0.15, -0.1) is 0 Å². The topological polar surface area (TPSA) is 69.7 Å². The van der Waals surface area contributed by atoms with E-state index in [0.29, 0.717) is 5.56 Å². The number of hydrogen-bond donors (Lipinski definition) is 0. The van der Waals surface area contributed by atoms with Gasteiger partial charge in [-0.05, 0) is 51.0 Å². The van der Waals surface area contributed by atoms with Crippen molar-refractivity contribution in [1.29, 1.82) is 0 Å². The van der Waals surface area contributed by atoms with Crippen LogP contribution in [0.3, 0.4) is 0 Å². The van der Waals surface area contributed by atoms with Crippen LogP contribution in [-0.4, -0.2) is 31.2 Å². The zero-order valence-electron chi connectivity index (χ0n) is 16.5. The molecule has 5 nitrogen and oxygen atoms in total. The maximum Gasteiger partial charge on any atom is 0.250 e. The molecule has 0 aliphatic carbocycles. The van der Waals surface area contributed by atoms with Crippen LogP contribution >= 0.6 is 7.80 Å². The number of ketones is 1. The molecule has 0 fully saturated rings. The zero-order chi connectivity index (χ0) is 20.3. The molecule has 0 heterocycles. The quantitative estimate of drug-likeness (QED) is 0.501. The van der Waals surface area contributed by atoms with Crippen LogP contribution in [0.1, 0.15) is 44.3 Å². The Morgan fingerprint density at radius 2 is 1.41 bits per heavy atom. The number of rotatable bonds is 7. The summed E-state index contributed by atoms with van der Waals surface area (Å²) in [6.07, 6.45) is 0. The smallest absolute Gasteiger partial charge is 0.250 e. The number of aryl methyl sites for hydroxylation is 3. The van der Waals surface area contributed by atoms with Crippen LogP contribution < -0.4 is 9.47 Å². The molecule has 0 saturated heterocycles. The highest BCUT2D eigenvalue weighted by Crippen LogP contribution is 2.41. The van der Waals surface area contributed by atoms with Gasteiger partial charge in [0.1, 0.15) is 17.1 Å². The molecule has 2 atom stereocenters. The highest BCUT2D eigenvalue weighted by Gasteiger charge is 2.33. The SMILES string of the molecule is COc1cccc(OC)c1C(=O)[P](=O)C(C)C(=O)c1c(C)cc(C)cc1C. The van der Waals surface area contributed by atoms with Crippen molar-refractivity contribution in [2.45, 2.75) is 33.4 Å². The van der Waals surface area contributed by atoms with Gasteiger partial charge in [0.05, 0.1) is 19.9 Å². The normalized spacial score (nSPS) is 12.3. The Kier molecular flexibility index (Phi) is 6.50. The van der Waals surface area contributed by atoms with E-state index in [2.05, 4.69) is 0 Å². The van der Waals surface area contributed by atoms with Crippen LogP contribution in [0.25, 0.3) is 0 Å². The van der Waals surface area contributed by atoms with E-state index in [1.807, 2.05) is 32.9 Å². The van der Waals surface area contributed by atoms with Crippen molar-refractivity contribution in [2.24, 2.45) is 0 Å². The Balaban J connectivity index is 2.41. The molecule has 0 saturated carbocycles. The number of benzene rings is 2. The standard InChI is InChI=1S/C21H24O5P/c1-12-10-13(2)18(14(3)11-12)20(22)15(4)27(24)21(23)19-16(25-5)8-7-9-17(19)26-6/h7-11,15H,1-6H3.